The van der Waals surface area contributed by atoms with Gasteiger partial charge in [-0.25, -0.2) is 4.68 Å². The minimum absolute atomic E-state index is 0.164. The summed E-state index contributed by atoms with van der Waals surface area (Å²) in [6.07, 6.45) is 3.05. The van der Waals surface area contributed by atoms with Gasteiger partial charge in [0.25, 0.3) is 0 Å². The second-order valence-electron chi connectivity index (χ2n) is 4.26. The lowest BCUT2D eigenvalue weighted by Crippen LogP contribution is -2.20. The normalized spacial score (nSPS) is 19.0. The molecule has 1 aliphatic rings. The van der Waals surface area contributed by atoms with E-state index in [9.17, 15) is 0 Å². The van der Waals surface area contributed by atoms with Gasteiger partial charge < -0.3 is 5.73 Å². The van der Waals surface area contributed by atoms with E-state index in [1.165, 1.54) is 0 Å². The summed E-state index contributed by atoms with van der Waals surface area (Å²) in [7, 11) is 0. The van der Waals surface area contributed by atoms with Crippen LogP contribution in [0, 0.1) is 0 Å². The minimum Gasteiger partial charge on any atom is -0.366 e. The maximum Gasteiger partial charge on any atom is 0.239 e. The SMILES string of the molecule is Nc1nc2n(n1)C(c1ccccc1Cl)CCC2. The van der Waals surface area contributed by atoms with Crippen LogP contribution in [0.15, 0.2) is 24.3 Å². The number of fused-ring (bicyclic) bond motifs is 1. The summed E-state index contributed by atoms with van der Waals surface area (Å²) in [5.74, 6) is 1.30. The van der Waals surface area contributed by atoms with Crippen molar-refractivity contribution in [2.24, 2.45) is 0 Å². The van der Waals surface area contributed by atoms with Crippen LogP contribution in [-0.2, 0) is 6.42 Å². The van der Waals surface area contributed by atoms with E-state index in [0.29, 0.717) is 5.95 Å². The summed E-state index contributed by atoms with van der Waals surface area (Å²) < 4.78 is 1.92. The third kappa shape index (κ3) is 1.78. The van der Waals surface area contributed by atoms with Crippen molar-refractivity contribution in [3.8, 4) is 0 Å². The quantitative estimate of drug-likeness (QED) is 0.843. The van der Waals surface area contributed by atoms with E-state index in [1.807, 2.05) is 28.9 Å². The number of nitrogens with two attached hydrogens (primary N) is 1. The molecule has 1 atom stereocenters. The lowest BCUT2D eigenvalue weighted by atomic mass is 9.98. The molecule has 3 rings (SSSR count). The highest BCUT2D eigenvalue weighted by Gasteiger charge is 2.25. The Morgan fingerprint density at radius 2 is 2.18 bits per heavy atom. The molecule has 2 heterocycles. The molecule has 1 aromatic heterocycles. The molecule has 88 valence electrons. The third-order valence-electron chi connectivity index (χ3n) is 3.16. The topological polar surface area (TPSA) is 56.7 Å². The molecule has 2 aromatic rings. The van der Waals surface area contributed by atoms with Crippen molar-refractivity contribution in [3.05, 3.63) is 40.7 Å². The molecule has 5 heteroatoms. The number of benzene rings is 1. The third-order valence-corrected chi connectivity index (χ3v) is 3.50. The van der Waals surface area contributed by atoms with Gasteiger partial charge in [0.1, 0.15) is 5.82 Å². The van der Waals surface area contributed by atoms with Gasteiger partial charge in [0.15, 0.2) is 0 Å². The molecule has 1 unspecified atom stereocenters. The first kappa shape index (κ1) is 10.6. The first-order valence-corrected chi connectivity index (χ1v) is 6.09. The highest BCUT2D eigenvalue weighted by molar-refractivity contribution is 6.31. The summed E-state index contributed by atoms with van der Waals surface area (Å²) in [5.41, 5.74) is 6.76. The average molecular weight is 249 g/mol. The second-order valence-corrected chi connectivity index (χ2v) is 4.67. The molecule has 0 aliphatic carbocycles. The van der Waals surface area contributed by atoms with Crippen LogP contribution in [0.25, 0.3) is 0 Å². The lowest BCUT2D eigenvalue weighted by Gasteiger charge is -2.24. The van der Waals surface area contributed by atoms with Gasteiger partial charge in [-0.15, -0.1) is 5.10 Å². The largest absolute Gasteiger partial charge is 0.366 e. The zero-order valence-corrected chi connectivity index (χ0v) is 10.1. The predicted octanol–water partition coefficient (Wildman–Crippen LogP) is 2.44. The fourth-order valence-electron chi connectivity index (χ4n) is 2.40. The molecule has 0 spiro atoms. The van der Waals surface area contributed by atoms with Crippen molar-refractivity contribution in [2.75, 3.05) is 5.73 Å². The van der Waals surface area contributed by atoms with Crippen LogP contribution < -0.4 is 5.73 Å². The number of halogens is 1. The Balaban J connectivity index is 2.09. The number of nitrogen functional groups attached to an aromatic ring is 1. The molecule has 0 bridgehead atoms. The maximum atomic E-state index is 6.24. The van der Waals surface area contributed by atoms with Gasteiger partial charge >= 0.3 is 0 Å². The molecular formula is C12H13ClN4. The van der Waals surface area contributed by atoms with Crippen LogP contribution in [0.4, 0.5) is 5.95 Å². The van der Waals surface area contributed by atoms with Gasteiger partial charge in [-0.2, -0.15) is 4.98 Å². The Morgan fingerprint density at radius 3 is 3.00 bits per heavy atom. The van der Waals surface area contributed by atoms with Gasteiger partial charge in [-0.3, -0.25) is 0 Å². The Hall–Kier alpha value is -1.55. The van der Waals surface area contributed by atoms with E-state index in [4.69, 9.17) is 17.3 Å². The van der Waals surface area contributed by atoms with Gasteiger partial charge in [-0.05, 0) is 24.5 Å². The van der Waals surface area contributed by atoms with Crippen molar-refractivity contribution in [3.63, 3.8) is 0 Å². The van der Waals surface area contributed by atoms with Crippen molar-refractivity contribution in [1.82, 2.24) is 14.8 Å². The number of hydrogen-bond donors (Lipinski definition) is 1. The molecular weight excluding hydrogens is 236 g/mol. The van der Waals surface area contributed by atoms with Gasteiger partial charge in [0.05, 0.1) is 6.04 Å². The average Bonchev–Trinajstić information content (AvgIpc) is 2.70. The van der Waals surface area contributed by atoms with E-state index in [1.54, 1.807) is 0 Å². The summed E-state index contributed by atoms with van der Waals surface area (Å²) in [4.78, 5) is 4.24. The summed E-state index contributed by atoms with van der Waals surface area (Å²) >= 11 is 6.24. The van der Waals surface area contributed by atoms with E-state index in [2.05, 4.69) is 10.1 Å². The fourth-order valence-corrected chi connectivity index (χ4v) is 2.66. The van der Waals surface area contributed by atoms with E-state index < -0.39 is 0 Å². The summed E-state index contributed by atoms with van der Waals surface area (Å²) in [5, 5.41) is 5.05. The molecule has 17 heavy (non-hydrogen) atoms. The number of aromatic nitrogens is 3. The van der Waals surface area contributed by atoms with Gasteiger partial charge in [-0.1, -0.05) is 29.8 Å². The lowest BCUT2D eigenvalue weighted by molar-refractivity contribution is 0.413. The first-order chi connectivity index (χ1) is 8.25. The van der Waals surface area contributed by atoms with Gasteiger partial charge in [0.2, 0.25) is 5.95 Å². The maximum absolute atomic E-state index is 6.24. The zero-order valence-electron chi connectivity index (χ0n) is 9.31. The molecule has 0 radical (unpaired) electrons. The summed E-state index contributed by atoms with van der Waals surface area (Å²) in [6, 6.07) is 8.05. The minimum atomic E-state index is 0.164. The van der Waals surface area contributed by atoms with Crippen LogP contribution in [-0.4, -0.2) is 14.8 Å². The Bertz CT molecular complexity index is 549. The smallest absolute Gasteiger partial charge is 0.239 e. The van der Waals surface area contributed by atoms with Crippen molar-refractivity contribution in [2.45, 2.75) is 25.3 Å². The van der Waals surface area contributed by atoms with E-state index in [0.717, 1.165) is 35.7 Å². The molecule has 0 saturated heterocycles. The first-order valence-electron chi connectivity index (χ1n) is 5.71. The monoisotopic (exact) mass is 248 g/mol. The fraction of sp³-hybridized carbons (Fsp3) is 0.333. The standard InChI is InChI=1S/C12H13ClN4/c13-9-5-2-1-4-8(9)10-6-3-7-11-15-12(14)16-17(10)11/h1-2,4-5,10H,3,6-7H2,(H2,14,16). The number of nitrogens with zero attached hydrogens (tertiary/aromatic N) is 3. The Labute approximate surface area is 104 Å². The number of rotatable bonds is 1. The van der Waals surface area contributed by atoms with Crippen molar-refractivity contribution < 1.29 is 0 Å². The molecule has 4 nitrogen and oxygen atoms in total. The zero-order chi connectivity index (χ0) is 11.8. The van der Waals surface area contributed by atoms with E-state index in [-0.39, 0.29) is 6.04 Å². The van der Waals surface area contributed by atoms with Crippen LogP contribution in [0.5, 0.6) is 0 Å². The highest BCUT2D eigenvalue weighted by atomic mass is 35.5. The van der Waals surface area contributed by atoms with Crippen molar-refractivity contribution >= 4 is 17.5 Å². The molecule has 1 aromatic carbocycles. The Morgan fingerprint density at radius 1 is 1.35 bits per heavy atom. The van der Waals surface area contributed by atoms with Crippen LogP contribution in [0.1, 0.15) is 30.3 Å². The highest BCUT2D eigenvalue weighted by Crippen LogP contribution is 2.33. The van der Waals surface area contributed by atoms with Gasteiger partial charge in [0, 0.05) is 11.4 Å². The van der Waals surface area contributed by atoms with Crippen LogP contribution in [0.3, 0.4) is 0 Å². The predicted molar refractivity (Wildman–Crippen MR) is 67.0 cm³/mol. The van der Waals surface area contributed by atoms with E-state index >= 15 is 0 Å². The molecule has 2 N–H and O–H groups in total. The number of aryl methyl sites for hydroxylation is 1. The van der Waals surface area contributed by atoms with Crippen molar-refractivity contribution in [1.29, 1.82) is 0 Å². The van der Waals surface area contributed by atoms with Crippen LogP contribution >= 0.6 is 11.6 Å². The van der Waals surface area contributed by atoms with Crippen LogP contribution in [0.2, 0.25) is 5.02 Å². The number of hydrogen-bond acceptors (Lipinski definition) is 3. The number of anilines is 1. The molecule has 1 aliphatic heterocycles. The second kappa shape index (κ2) is 4.04. The molecule has 0 saturated carbocycles. The molecule has 0 fully saturated rings. The molecule has 0 amide bonds. The Kier molecular flexibility index (Phi) is 2.52. The summed E-state index contributed by atoms with van der Waals surface area (Å²) in [6.45, 7) is 0.